The monoisotopic (exact) mass is 461 g/mol. The summed E-state index contributed by atoms with van der Waals surface area (Å²) < 4.78 is 3.30. The Balaban J connectivity index is 1.78. The Labute approximate surface area is 182 Å². The van der Waals surface area contributed by atoms with Gasteiger partial charge in [0.15, 0.2) is 0 Å². The van der Waals surface area contributed by atoms with Crippen molar-refractivity contribution in [2.75, 3.05) is 0 Å². The minimum absolute atomic E-state index is 0.745. The van der Waals surface area contributed by atoms with Crippen LogP contribution in [0.5, 0.6) is 0 Å². The quantitative estimate of drug-likeness (QED) is 0.244. The van der Waals surface area contributed by atoms with E-state index in [1.54, 1.807) is 11.3 Å². The average Bonchev–Trinajstić information content (AvgIpc) is 3.16. The van der Waals surface area contributed by atoms with Crippen LogP contribution in [-0.2, 0) is 6.54 Å². The van der Waals surface area contributed by atoms with Gasteiger partial charge in [0.2, 0.25) is 4.80 Å². The largest absolute Gasteiger partial charge is 0.311 e. The molecule has 0 saturated carbocycles. The molecule has 0 amide bonds. The third-order valence-corrected chi connectivity index (χ3v) is 5.98. The first-order chi connectivity index (χ1) is 14.2. The van der Waals surface area contributed by atoms with Crippen LogP contribution >= 0.6 is 27.3 Å². The van der Waals surface area contributed by atoms with Gasteiger partial charge in [0.05, 0.1) is 18.0 Å². The van der Waals surface area contributed by atoms with Crippen molar-refractivity contribution in [1.29, 1.82) is 0 Å². The number of aromatic nitrogens is 1. The maximum absolute atomic E-state index is 4.60. The summed E-state index contributed by atoms with van der Waals surface area (Å²) in [6.07, 6.45) is 0. The summed E-state index contributed by atoms with van der Waals surface area (Å²) in [6, 6.07) is 28.9. The van der Waals surface area contributed by atoms with E-state index in [0.29, 0.717) is 0 Å². The summed E-state index contributed by atoms with van der Waals surface area (Å²) in [5.74, 6) is 0. The molecule has 1 heterocycles. The van der Waals surface area contributed by atoms with Gasteiger partial charge in [0, 0.05) is 9.85 Å². The SMILES string of the molecule is C/C(=N\N=c1/scc(-c2ccc(Br)cc2)n1Cc1ccccc1)c1ccccc1. The molecule has 4 rings (SSSR count). The molecule has 0 radical (unpaired) electrons. The van der Waals surface area contributed by atoms with Gasteiger partial charge in [-0.2, -0.15) is 5.10 Å². The molecule has 0 aliphatic heterocycles. The Hall–Kier alpha value is -2.76. The standard InChI is InChI=1S/C24H20BrN3S/c1-18(20-10-6-3-7-11-20)26-27-24-28(16-19-8-4-2-5-9-19)23(17-29-24)21-12-14-22(25)15-13-21/h2-15,17H,16H2,1H3/b26-18+,27-24-. The zero-order chi connectivity index (χ0) is 20.1. The molecular weight excluding hydrogens is 442 g/mol. The van der Waals surface area contributed by atoms with Crippen LogP contribution in [-0.4, -0.2) is 10.3 Å². The van der Waals surface area contributed by atoms with Gasteiger partial charge in [-0.3, -0.25) is 0 Å². The van der Waals surface area contributed by atoms with Crippen LogP contribution in [0.4, 0.5) is 0 Å². The summed E-state index contributed by atoms with van der Waals surface area (Å²) in [5, 5.41) is 11.3. The van der Waals surface area contributed by atoms with Crippen molar-refractivity contribution < 1.29 is 0 Å². The lowest BCUT2D eigenvalue weighted by Gasteiger charge is -2.09. The van der Waals surface area contributed by atoms with Crippen molar-refractivity contribution in [2.45, 2.75) is 13.5 Å². The van der Waals surface area contributed by atoms with Crippen LogP contribution in [0, 0.1) is 0 Å². The second kappa shape index (κ2) is 9.16. The molecule has 0 atom stereocenters. The topological polar surface area (TPSA) is 29.6 Å². The highest BCUT2D eigenvalue weighted by Crippen LogP contribution is 2.23. The van der Waals surface area contributed by atoms with Gasteiger partial charge in [-0.15, -0.1) is 16.4 Å². The van der Waals surface area contributed by atoms with E-state index in [-0.39, 0.29) is 0 Å². The predicted molar refractivity (Wildman–Crippen MR) is 125 cm³/mol. The average molecular weight is 462 g/mol. The van der Waals surface area contributed by atoms with E-state index in [9.17, 15) is 0 Å². The van der Waals surface area contributed by atoms with Gasteiger partial charge in [-0.05, 0) is 35.7 Å². The van der Waals surface area contributed by atoms with Crippen LogP contribution in [0.15, 0.2) is 105 Å². The van der Waals surface area contributed by atoms with E-state index in [4.69, 9.17) is 0 Å². The molecule has 1 aromatic heterocycles. The van der Waals surface area contributed by atoms with Gasteiger partial charge in [0.25, 0.3) is 0 Å². The Morgan fingerprint density at radius 2 is 1.55 bits per heavy atom. The van der Waals surface area contributed by atoms with Crippen molar-refractivity contribution in [3.8, 4) is 11.3 Å². The second-order valence-corrected chi connectivity index (χ2v) is 8.39. The Bertz CT molecular complexity index is 1170. The summed E-state index contributed by atoms with van der Waals surface area (Å²) in [5.41, 5.74) is 5.50. The fourth-order valence-corrected chi connectivity index (χ4v) is 4.16. The van der Waals surface area contributed by atoms with Gasteiger partial charge < -0.3 is 4.57 Å². The summed E-state index contributed by atoms with van der Waals surface area (Å²) in [4.78, 5) is 0.877. The zero-order valence-electron chi connectivity index (χ0n) is 16.0. The smallest absolute Gasteiger partial charge is 0.211 e. The molecule has 144 valence electrons. The minimum Gasteiger partial charge on any atom is -0.311 e. The Morgan fingerprint density at radius 3 is 2.24 bits per heavy atom. The molecular formula is C24H20BrN3S. The van der Waals surface area contributed by atoms with E-state index in [0.717, 1.165) is 38.4 Å². The molecule has 0 bridgehead atoms. The van der Waals surface area contributed by atoms with Gasteiger partial charge in [-0.25, -0.2) is 0 Å². The van der Waals surface area contributed by atoms with Gasteiger partial charge >= 0.3 is 0 Å². The predicted octanol–water partition coefficient (Wildman–Crippen LogP) is 6.35. The minimum atomic E-state index is 0.745. The molecule has 0 aliphatic rings. The van der Waals surface area contributed by atoms with Crippen LogP contribution in [0.2, 0.25) is 0 Å². The van der Waals surface area contributed by atoms with Crippen LogP contribution in [0.1, 0.15) is 18.1 Å². The van der Waals surface area contributed by atoms with Gasteiger partial charge in [-0.1, -0.05) is 88.7 Å². The summed E-state index contributed by atoms with van der Waals surface area (Å²) >= 11 is 5.13. The number of hydrogen-bond donors (Lipinski definition) is 0. The Morgan fingerprint density at radius 1 is 0.897 bits per heavy atom. The van der Waals surface area contributed by atoms with Crippen molar-refractivity contribution >= 4 is 33.0 Å². The number of halogens is 1. The third kappa shape index (κ3) is 4.81. The number of nitrogens with zero attached hydrogens (tertiary/aromatic N) is 3. The lowest BCUT2D eigenvalue weighted by Crippen LogP contribution is -2.16. The zero-order valence-corrected chi connectivity index (χ0v) is 18.4. The van der Waals surface area contributed by atoms with E-state index < -0.39 is 0 Å². The molecule has 0 unspecified atom stereocenters. The highest BCUT2D eigenvalue weighted by atomic mass is 79.9. The maximum atomic E-state index is 4.60. The third-order valence-electron chi connectivity index (χ3n) is 4.60. The van der Waals surface area contributed by atoms with E-state index in [1.807, 2.05) is 43.3 Å². The molecule has 3 aromatic carbocycles. The molecule has 0 aliphatic carbocycles. The molecule has 0 saturated heterocycles. The molecule has 4 aromatic rings. The lowest BCUT2D eigenvalue weighted by atomic mass is 10.1. The first-order valence-corrected chi connectivity index (χ1v) is 11.0. The van der Waals surface area contributed by atoms with Crippen LogP contribution in [0.3, 0.4) is 0 Å². The van der Waals surface area contributed by atoms with Crippen molar-refractivity contribution in [3.63, 3.8) is 0 Å². The normalized spacial score (nSPS) is 12.3. The first kappa shape index (κ1) is 19.6. The molecule has 3 nitrogen and oxygen atoms in total. The van der Waals surface area contributed by atoms with Crippen LogP contribution in [0.25, 0.3) is 11.3 Å². The lowest BCUT2D eigenvalue weighted by molar-refractivity contribution is 0.768. The molecule has 0 N–H and O–H groups in total. The number of rotatable bonds is 5. The second-order valence-electron chi connectivity index (χ2n) is 6.63. The van der Waals surface area contributed by atoms with E-state index in [1.165, 1.54) is 5.56 Å². The molecule has 5 heteroatoms. The number of hydrogen-bond acceptors (Lipinski definition) is 3. The van der Waals surface area contributed by atoms with Crippen molar-refractivity contribution in [2.24, 2.45) is 10.2 Å². The van der Waals surface area contributed by atoms with E-state index >= 15 is 0 Å². The van der Waals surface area contributed by atoms with Gasteiger partial charge in [0.1, 0.15) is 0 Å². The number of benzene rings is 3. The summed E-state index contributed by atoms with van der Waals surface area (Å²) in [7, 11) is 0. The Kier molecular flexibility index (Phi) is 6.17. The van der Waals surface area contributed by atoms with E-state index in [2.05, 4.69) is 84.6 Å². The maximum Gasteiger partial charge on any atom is 0.211 e. The highest BCUT2D eigenvalue weighted by Gasteiger charge is 2.09. The fraction of sp³-hybridized carbons (Fsp3) is 0.0833. The highest BCUT2D eigenvalue weighted by molar-refractivity contribution is 9.10. The van der Waals surface area contributed by atoms with Crippen molar-refractivity contribution in [1.82, 2.24) is 4.57 Å². The molecule has 29 heavy (non-hydrogen) atoms. The molecule has 0 fully saturated rings. The fourth-order valence-electron chi connectivity index (χ4n) is 3.03. The first-order valence-electron chi connectivity index (χ1n) is 9.32. The van der Waals surface area contributed by atoms with Crippen molar-refractivity contribution in [3.05, 3.63) is 111 Å². The van der Waals surface area contributed by atoms with Crippen LogP contribution < -0.4 is 4.80 Å². The molecule has 0 spiro atoms. The summed E-state index contributed by atoms with van der Waals surface area (Å²) in [6.45, 7) is 2.73. The number of thiazole rings is 1.